The number of nitrogens with zero attached hydrogens (tertiary/aromatic N) is 2. The number of aromatic nitrogens is 1. The molecule has 6 nitrogen and oxygen atoms in total. The minimum Gasteiger partial charge on any atom is -0.478 e. The molecule has 0 aliphatic heterocycles. The highest BCUT2D eigenvalue weighted by Gasteiger charge is 2.18. The monoisotopic (exact) mass is 308 g/mol. The van der Waals surface area contributed by atoms with E-state index in [0.717, 1.165) is 24.0 Å². The first-order valence-corrected chi connectivity index (χ1v) is 6.52. The van der Waals surface area contributed by atoms with Crippen LogP contribution in [0.2, 0.25) is 0 Å². The number of aromatic carboxylic acids is 1. The molecule has 0 aliphatic rings. The van der Waals surface area contributed by atoms with Crippen molar-refractivity contribution in [2.24, 2.45) is 0 Å². The highest BCUT2D eigenvalue weighted by atomic mass is 32.2. The van der Waals surface area contributed by atoms with Gasteiger partial charge >= 0.3 is 5.97 Å². The van der Waals surface area contributed by atoms with Gasteiger partial charge in [-0.2, -0.15) is 0 Å². The van der Waals surface area contributed by atoms with Crippen LogP contribution in [0.25, 0.3) is 0 Å². The fourth-order valence-electron chi connectivity index (χ4n) is 1.55. The number of rotatable bonds is 4. The molecule has 1 heterocycles. The summed E-state index contributed by atoms with van der Waals surface area (Å²) in [6.07, 6.45) is 1.16. The fourth-order valence-corrected chi connectivity index (χ4v) is 2.49. The number of benzene rings is 1. The number of carbonyl (C=O) groups is 1. The molecule has 0 fully saturated rings. The van der Waals surface area contributed by atoms with E-state index in [1.165, 1.54) is 25.1 Å². The summed E-state index contributed by atoms with van der Waals surface area (Å²) in [4.78, 5) is 25.2. The number of halogens is 1. The van der Waals surface area contributed by atoms with Crippen LogP contribution in [0, 0.1) is 22.9 Å². The Hall–Kier alpha value is -2.48. The first-order valence-electron chi connectivity index (χ1n) is 5.70. The molecular weight excluding hydrogens is 299 g/mol. The molecular formula is C13H9FN2O4S. The van der Waals surface area contributed by atoms with Gasteiger partial charge in [0, 0.05) is 6.20 Å². The molecule has 2 rings (SSSR count). The van der Waals surface area contributed by atoms with Crippen molar-refractivity contribution in [1.29, 1.82) is 0 Å². The smallest absolute Gasteiger partial charge is 0.337 e. The van der Waals surface area contributed by atoms with Crippen LogP contribution >= 0.6 is 11.8 Å². The number of hydrogen-bond donors (Lipinski definition) is 1. The van der Waals surface area contributed by atoms with E-state index in [1.807, 2.05) is 0 Å². The molecule has 1 aromatic carbocycles. The zero-order valence-electron chi connectivity index (χ0n) is 10.7. The number of pyridine rings is 1. The average molecular weight is 308 g/mol. The average Bonchev–Trinajstić information content (AvgIpc) is 2.43. The van der Waals surface area contributed by atoms with Crippen molar-refractivity contribution in [1.82, 2.24) is 4.98 Å². The van der Waals surface area contributed by atoms with Crippen molar-refractivity contribution in [2.45, 2.75) is 16.8 Å². The molecule has 108 valence electrons. The summed E-state index contributed by atoms with van der Waals surface area (Å²) in [6.45, 7) is 1.50. The van der Waals surface area contributed by atoms with Gasteiger partial charge in [0.15, 0.2) is 0 Å². The lowest BCUT2D eigenvalue weighted by Gasteiger charge is -2.05. The van der Waals surface area contributed by atoms with E-state index in [0.29, 0.717) is 5.03 Å². The predicted molar refractivity (Wildman–Crippen MR) is 73.1 cm³/mol. The first kappa shape index (κ1) is 14.9. The number of carboxylic acid groups (broad SMARTS) is 1. The van der Waals surface area contributed by atoms with E-state index >= 15 is 0 Å². The number of nitro benzene ring substituents is 1. The Labute approximate surface area is 122 Å². The maximum Gasteiger partial charge on any atom is 0.337 e. The summed E-state index contributed by atoms with van der Waals surface area (Å²) < 4.78 is 13.4. The number of aryl methyl sites for hydroxylation is 1. The van der Waals surface area contributed by atoms with Gasteiger partial charge in [-0.1, -0.05) is 11.8 Å². The van der Waals surface area contributed by atoms with Gasteiger partial charge in [0.05, 0.1) is 21.4 Å². The molecule has 0 aliphatic carbocycles. The van der Waals surface area contributed by atoms with Crippen molar-refractivity contribution < 1.29 is 19.2 Å². The van der Waals surface area contributed by atoms with E-state index in [2.05, 4.69) is 4.98 Å². The van der Waals surface area contributed by atoms with Crippen LogP contribution < -0.4 is 0 Å². The lowest BCUT2D eigenvalue weighted by molar-refractivity contribution is -0.387. The standard InChI is InChI=1S/C13H9FN2O4S/c1-7-4-11(10(16(19)20)5-9(7)14)21-12-3-2-8(6-15-12)13(17)18/h2-6H,1H3,(H,17,18). The third-order valence-corrected chi connectivity index (χ3v) is 3.63. The number of carboxylic acids is 1. The maximum absolute atomic E-state index is 13.4. The van der Waals surface area contributed by atoms with Crippen molar-refractivity contribution in [2.75, 3.05) is 0 Å². The van der Waals surface area contributed by atoms with Crippen LogP contribution in [0.15, 0.2) is 40.4 Å². The van der Waals surface area contributed by atoms with Crippen LogP contribution in [0.4, 0.5) is 10.1 Å². The van der Waals surface area contributed by atoms with Crippen molar-refractivity contribution in [3.8, 4) is 0 Å². The normalized spacial score (nSPS) is 10.4. The molecule has 1 aromatic heterocycles. The molecule has 0 saturated heterocycles. The largest absolute Gasteiger partial charge is 0.478 e. The molecule has 0 saturated carbocycles. The molecule has 0 unspecified atom stereocenters. The quantitative estimate of drug-likeness (QED) is 0.688. The van der Waals surface area contributed by atoms with E-state index in [9.17, 15) is 19.3 Å². The van der Waals surface area contributed by atoms with Crippen LogP contribution in [0.3, 0.4) is 0 Å². The Morgan fingerprint density at radius 1 is 1.43 bits per heavy atom. The van der Waals surface area contributed by atoms with Gasteiger partial charge in [-0.3, -0.25) is 10.1 Å². The minimum absolute atomic E-state index is 0.0177. The molecule has 0 bridgehead atoms. The highest BCUT2D eigenvalue weighted by Crippen LogP contribution is 2.35. The fraction of sp³-hybridized carbons (Fsp3) is 0.0769. The summed E-state index contributed by atoms with van der Waals surface area (Å²) in [5, 5.41) is 20.1. The molecule has 1 N–H and O–H groups in total. The van der Waals surface area contributed by atoms with Crippen molar-refractivity contribution >= 4 is 23.4 Å². The zero-order valence-corrected chi connectivity index (χ0v) is 11.6. The molecule has 0 spiro atoms. The second-order valence-electron chi connectivity index (χ2n) is 4.12. The predicted octanol–water partition coefficient (Wildman–Crippen LogP) is 3.29. The van der Waals surface area contributed by atoms with Crippen molar-refractivity contribution in [3.05, 3.63) is 57.5 Å². The van der Waals surface area contributed by atoms with Crippen LogP contribution in [-0.4, -0.2) is 21.0 Å². The summed E-state index contributed by atoms with van der Waals surface area (Å²) in [5.74, 6) is -1.76. The van der Waals surface area contributed by atoms with Gasteiger partial charge in [0.1, 0.15) is 10.8 Å². The van der Waals surface area contributed by atoms with E-state index in [1.54, 1.807) is 0 Å². The Morgan fingerprint density at radius 2 is 2.14 bits per heavy atom. The SMILES string of the molecule is Cc1cc(Sc2ccc(C(=O)O)cn2)c([N+](=O)[O-])cc1F. The topological polar surface area (TPSA) is 93.3 Å². The highest BCUT2D eigenvalue weighted by molar-refractivity contribution is 7.99. The zero-order chi connectivity index (χ0) is 15.6. The summed E-state index contributed by atoms with van der Waals surface area (Å²) in [6, 6.07) is 5.02. The maximum atomic E-state index is 13.4. The second-order valence-corrected chi connectivity index (χ2v) is 5.18. The summed E-state index contributed by atoms with van der Waals surface area (Å²) >= 11 is 0.973. The molecule has 0 atom stereocenters. The number of hydrogen-bond acceptors (Lipinski definition) is 5. The Bertz CT molecular complexity index is 719. The van der Waals surface area contributed by atoms with Crippen LogP contribution in [-0.2, 0) is 0 Å². The molecule has 0 radical (unpaired) electrons. The minimum atomic E-state index is -1.11. The van der Waals surface area contributed by atoms with Gasteiger partial charge in [-0.15, -0.1) is 0 Å². The van der Waals surface area contributed by atoms with Gasteiger partial charge in [0.2, 0.25) is 0 Å². The van der Waals surface area contributed by atoms with E-state index in [4.69, 9.17) is 5.11 Å². The summed E-state index contributed by atoms with van der Waals surface area (Å²) in [5.41, 5.74) is -0.0541. The lowest BCUT2D eigenvalue weighted by atomic mass is 10.2. The molecule has 8 heteroatoms. The van der Waals surface area contributed by atoms with Gasteiger partial charge in [0.25, 0.3) is 5.69 Å². The van der Waals surface area contributed by atoms with Gasteiger partial charge in [-0.25, -0.2) is 14.2 Å². The van der Waals surface area contributed by atoms with E-state index < -0.39 is 16.7 Å². The Balaban J connectivity index is 2.36. The van der Waals surface area contributed by atoms with Crippen LogP contribution in [0.1, 0.15) is 15.9 Å². The van der Waals surface area contributed by atoms with Gasteiger partial charge < -0.3 is 5.11 Å². The second kappa shape index (κ2) is 5.88. The molecule has 0 amide bonds. The van der Waals surface area contributed by atoms with Crippen molar-refractivity contribution in [3.63, 3.8) is 0 Å². The van der Waals surface area contributed by atoms with E-state index in [-0.39, 0.29) is 21.7 Å². The Kier molecular flexibility index (Phi) is 4.18. The Morgan fingerprint density at radius 3 is 2.67 bits per heavy atom. The number of nitro groups is 1. The third kappa shape index (κ3) is 3.34. The van der Waals surface area contributed by atoms with Gasteiger partial charge in [-0.05, 0) is 30.7 Å². The molecule has 2 aromatic rings. The molecule has 21 heavy (non-hydrogen) atoms. The summed E-state index contributed by atoms with van der Waals surface area (Å²) in [7, 11) is 0. The lowest BCUT2D eigenvalue weighted by Crippen LogP contribution is -1.97. The first-order chi connectivity index (χ1) is 9.88. The third-order valence-electron chi connectivity index (χ3n) is 2.63. The van der Waals surface area contributed by atoms with Crippen LogP contribution in [0.5, 0.6) is 0 Å².